The van der Waals surface area contributed by atoms with Gasteiger partial charge in [0.1, 0.15) is 0 Å². The normalized spacial score (nSPS) is 12.6. The summed E-state index contributed by atoms with van der Waals surface area (Å²) in [6.07, 6.45) is 2.08. The van der Waals surface area contributed by atoms with E-state index in [-0.39, 0.29) is 5.92 Å². The molecule has 2 N–H and O–H groups in total. The molecule has 62 valence electrons. The average molecular weight is 146 g/mol. The predicted octanol–water partition coefficient (Wildman–Crippen LogP) is 1.51. The van der Waals surface area contributed by atoms with E-state index >= 15 is 0 Å². The highest BCUT2D eigenvalue weighted by molar-refractivity contribution is 4.71. The van der Waals surface area contributed by atoms with Crippen molar-refractivity contribution in [1.82, 2.24) is 0 Å². The lowest BCUT2D eigenvalue weighted by Crippen LogP contribution is -2.36. The summed E-state index contributed by atoms with van der Waals surface area (Å²) in [5.74, 6) is -1.42. The van der Waals surface area contributed by atoms with Crippen LogP contribution in [0.15, 0.2) is 0 Å². The van der Waals surface area contributed by atoms with Crippen LogP contribution in [0.4, 0.5) is 0 Å². The SMILES string of the molecule is CCC(CC)C(O)(O)CC. The van der Waals surface area contributed by atoms with E-state index in [1.165, 1.54) is 0 Å². The number of hydrogen-bond acceptors (Lipinski definition) is 2. The second-order valence-corrected chi connectivity index (χ2v) is 2.75. The molecule has 0 rings (SSSR count). The molecule has 0 fully saturated rings. The molecular weight excluding hydrogens is 128 g/mol. The fourth-order valence-electron chi connectivity index (χ4n) is 1.23. The molecule has 0 atom stereocenters. The van der Waals surface area contributed by atoms with Gasteiger partial charge < -0.3 is 10.2 Å². The minimum atomic E-state index is -1.44. The number of rotatable bonds is 4. The van der Waals surface area contributed by atoms with E-state index in [1.54, 1.807) is 6.92 Å². The summed E-state index contributed by atoms with van der Waals surface area (Å²) >= 11 is 0. The van der Waals surface area contributed by atoms with E-state index in [0.29, 0.717) is 6.42 Å². The summed E-state index contributed by atoms with van der Waals surface area (Å²) < 4.78 is 0. The first kappa shape index (κ1) is 9.92. The van der Waals surface area contributed by atoms with Gasteiger partial charge in [0.2, 0.25) is 0 Å². The van der Waals surface area contributed by atoms with Crippen LogP contribution in [0.25, 0.3) is 0 Å². The van der Waals surface area contributed by atoms with Gasteiger partial charge in [0, 0.05) is 5.92 Å². The zero-order valence-corrected chi connectivity index (χ0v) is 7.09. The molecule has 2 nitrogen and oxygen atoms in total. The first-order valence-corrected chi connectivity index (χ1v) is 4.03. The van der Waals surface area contributed by atoms with Gasteiger partial charge in [-0.1, -0.05) is 20.8 Å². The van der Waals surface area contributed by atoms with Crippen LogP contribution in [-0.4, -0.2) is 16.0 Å². The Hall–Kier alpha value is -0.0800. The van der Waals surface area contributed by atoms with Crippen LogP contribution in [0, 0.1) is 5.92 Å². The molecule has 0 saturated heterocycles. The third kappa shape index (κ3) is 2.27. The van der Waals surface area contributed by atoms with Crippen LogP contribution in [0.2, 0.25) is 0 Å². The van der Waals surface area contributed by atoms with Gasteiger partial charge in [-0.2, -0.15) is 0 Å². The Kier molecular flexibility index (Phi) is 3.91. The molecule has 0 unspecified atom stereocenters. The molecule has 0 heterocycles. The molecule has 0 aromatic rings. The van der Waals surface area contributed by atoms with E-state index in [1.807, 2.05) is 13.8 Å². The predicted molar refractivity (Wildman–Crippen MR) is 41.5 cm³/mol. The lowest BCUT2D eigenvalue weighted by molar-refractivity contribution is -0.203. The Balaban J connectivity index is 3.97. The summed E-state index contributed by atoms with van der Waals surface area (Å²) in [5, 5.41) is 18.7. The molecule has 2 heteroatoms. The van der Waals surface area contributed by atoms with Gasteiger partial charge >= 0.3 is 0 Å². The third-order valence-corrected chi connectivity index (χ3v) is 2.16. The molecule has 0 aromatic heterocycles. The molecule has 0 spiro atoms. The first-order valence-electron chi connectivity index (χ1n) is 4.03. The summed E-state index contributed by atoms with van der Waals surface area (Å²) in [6, 6.07) is 0. The Morgan fingerprint density at radius 1 is 1.10 bits per heavy atom. The van der Waals surface area contributed by atoms with Crippen molar-refractivity contribution < 1.29 is 10.2 Å². The quantitative estimate of drug-likeness (QED) is 0.590. The van der Waals surface area contributed by atoms with Crippen LogP contribution in [0.3, 0.4) is 0 Å². The van der Waals surface area contributed by atoms with Crippen LogP contribution in [-0.2, 0) is 0 Å². The third-order valence-electron chi connectivity index (χ3n) is 2.16. The molecule has 0 radical (unpaired) electrons. The molecule has 0 aliphatic carbocycles. The van der Waals surface area contributed by atoms with Crippen molar-refractivity contribution in [3.05, 3.63) is 0 Å². The van der Waals surface area contributed by atoms with Crippen molar-refractivity contribution in [2.24, 2.45) is 5.92 Å². The summed E-state index contributed by atoms with van der Waals surface area (Å²) in [7, 11) is 0. The van der Waals surface area contributed by atoms with Crippen molar-refractivity contribution in [2.45, 2.75) is 45.8 Å². The zero-order valence-electron chi connectivity index (χ0n) is 7.09. The summed E-state index contributed by atoms with van der Waals surface area (Å²) in [6.45, 7) is 5.74. The highest BCUT2D eigenvalue weighted by Crippen LogP contribution is 2.23. The minimum Gasteiger partial charge on any atom is -0.365 e. The van der Waals surface area contributed by atoms with E-state index in [2.05, 4.69) is 0 Å². The average Bonchev–Trinajstić information content (AvgIpc) is 1.90. The molecule has 0 aromatic carbocycles. The van der Waals surface area contributed by atoms with Crippen LogP contribution < -0.4 is 0 Å². The van der Waals surface area contributed by atoms with Gasteiger partial charge in [-0.25, -0.2) is 0 Å². The van der Waals surface area contributed by atoms with Crippen molar-refractivity contribution in [3.63, 3.8) is 0 Å². The molecule has 0 aliphatic rings. The first-order chi connectivity index (χ1) is 4.58. The van der Waals surface area contributed by atoms with Gasteiger partial charge in [0.15, 0.2) is 5.79 Å². The van der Waals surface area contributed by atoms with Gasteiger partial charge in [-0.3, -0.25) is 0 Å². The van der Waals surface area contributed by atoms with Gasteiger partial charge in [0.05, 0.1) is 0 Å². The topological polar surface area (TPSA) is 40.5 Å². The molecule has 0 bridgehead atoms. The molecule has 10 heavy (non-hydrogen) atoms. The van der Waals surface area contributed by atoms with Crippen LogP contribution in [0.1, 0.15) is 40.0 Å². The van der Waals surface area contributed by atoms with E-state index in [4.69, 9.17) is 0 Å². The van der Waals surface area contributed by atoms with Crippen molar-refractivity contribution in [3.8, 4) is 0 Å². The Bertz CT molecular complexity index is 85.3. The fourth-order valence-corrected chi connectivity index (χ4v) is 1.23. The minimum absolute atomic E-state index is 0.0255. The zero-order chi connectivity index (χ0) is 8.20. The maximum atomic E-state index is 9.34. The smallest absolute Gasteiger partial charge is 0.165 e. The second-order valence-electron chi connectivity index (χ2n) is 2.75. The van der Waals surface area contributed by atoms with Crippen LogP contribution in [0.5, 0.6) is 0 Å². The van der Waals surface area contributed by atoms with Gasteiger partial charge in [0.25, 0.3) is 0 Å². The lowest BCUT2D eigenvalue weighted by atomic mass is 9.91. The Labute approximate surface area is 62.9 Å². The summed E-state index contributed by atoms with van der Waals surface area (Å²) in [5.41, 5.74) is 0. The van der Waals surface area contributed by atoms with Crippen molar-refractivity contribution in [2.75, 3.05) is 0 Å². The fraction of sp³-hybridized carbons (Fsp3) is 1.00. The van der Waals surface area contributed by atoms with Crippen LogP contribution >= 0.6 is 0 Å². The summed E-state index contributed by atoms with van der Waals surface area (Å²) in [4.78, 5) is 0. The molecule has 0 saturated carbocycles. The van der Waals surface area contributed by atoms with E-state index < -0.39 is 5.79 Å². The monoisotopic (exact) mass is 146 g/mol. The van der Waals surface area contributed by atoms with Crippen molar-refractivity contribution in [1.29, 1.82) is 0 Å². The molecule has 0 amide bonds. The van der Waals surface area contributed by atoms with E-state index in [0.717, 1.165) is 12.8 Å². The second kappa shape index (κ2) is 3.94. The standard InChI is InChI=1S/C8H18O2/c1-4-7(5-2)8(9,10)6-3/h7,9-10H,4-6H2,1-3H3. The van der Waals surface area contributed by atoms with Gasteiger partial charge in [-0.05, 0) is 19.3 Å². The largest absolute Gasteiger partial charge is 0.365 e. The van der Waals surface area contributed by atoms with E-state index in [9.17, 15) is 10.2 Å². The Morgan fingerprint density at radius 2 is 1.50 bits per heavy atom. The maximum absolute atomic E-state index is 9.34. The lowest BCUT2D eigenvalue weighted by Gasteiger charge is -2.28. The molecular formula is C8H18O2. The van der Waals surface area contributed by atoms with Crippen molar-refractivity contribution >= 4 is 0 Å². The molecule has 0 aliphatic heterocycles. The highest BCUT2D eigenvalue weighted by atomic mass is 16.5. The number of hydrogen-bond donors (Lipinski definition) is 2. The maximum Gasteiger partial charge on any atom is 0.165 e. The highest BCUT2D eigenvalue weighted by Gasteiger charge is 2.29. The number of aliphatic hydroxyl groups is 2. The Morgan fingerprint density at radius 3 is 1.60 bits per heavy atom. The van der Waals surface area contributed by atoms with Gasteiger partial charge in [-0.15, -0.1) is 0 Å².